The van der Waals surface area contributed by atoms with Crippen molar-refractivity contribution in [3.63, 3.8) is 0 Å². The molecule has 26 heavy (non-hydrogen) atoms. The number of nitrogens with one attached hydrogen (secondary N) is 1. The zero-order chi connectivity index (χ0) is 18.1. The maximum absolute atomic E-state index is 13.8. The Morgan fingerprint density at radius 2 is 1.96 bits per heavy atom. The van der Waals surface area contributed by atoms with Crippen molar-refractivity contribution in [1.82, 2.24) is 0 Å². The Kier molecular flexibility index (Phi) is 4.24. The van der Waals surface area contributed by atoms with Crippen molar-refractivity contribution in [2.24, 2.45) is 10.9 Å². The molecule has 2 aliphatic rings. The van der Waals surface area contributed by atoms with Gasteiger partial charge in [-0.1, -0.05) is 24.3 Å². The average molecular weight is 351 g/mol. The molecule has 0 saturated heterocycles. The van der Waals surface area contributed by atoms with Crippen LogP contribution >= 0.6 is 0 Å². The molecule has 0 radical (unpaired) electrons. The van der Waals surface area contributed by atoms with Crippen LogP contribution in [-0.2, 0) is 9.59 Å². The largest absolute Gasteiger partial charge is 0.322 e. The number of hydrogen-bond donors (Lipinski definition) is 1. The molecule has 1 atom stereocenters. The van der Waals surface area contributed by atoms with Gasteiger partial charge in [0.05, 0.1) is 23.0 Å². The number of anilines is 2. The first-order chi connectivity index (χ1) is 12.6. The zero-order valence-electron chi connectivity index (χ0n) is 14.1. The Hall–Kier alpha value is -3.02. The van der Waals surface area contributed by atoms with Crippen molar-refractivity contribution in [2.75, 3.05) is 16.8 Å². The Morgan fingerprint density at radius 3 is 2.81 bits per heavy atom. The van der Waals surface area contributed by atoms with Crippen molar-refractivity contribution in [2.45, 2.75) is 19.3 Å². The van der Waals surface area contributed by atoms with Gasteiger partial charge in [0.25, 0.3) is 0 Å². The third-order valence-electron chi connectivity index (χ3n) is 4.78. The van der Waals surface area contributed by atoms with Gasteiger partial charge in [-0.2, -0.15) is 0 Å². The second-order valence-electron chi connectivity index (χ2n) is 6.49. The van der Waals surface area contributed by atoms with Gasteiger partial charge in [0.2, 0.25) is 11.8 Å². The molecule has 2 aromatic carbocycles. The van der Waals surface area contributed by atoms with Crippen molar-refractivity contribution < 1.29 is 14.0 Å². The van der Waals surface area contributed by atoms with Crippen LogP contribution in [0.25, 0.3) is 0 Å². The summed E-state index contributed by atoms with van der Waals surface area (Å²) < 4.78 is 13.8. The lowest BCUT2D eigenvalue weighted by Crippen LogP contribution is -2.41. The van der Waals surface area contributed by atoms with Gasteiger partial charge >= 0.3 is 0 Å². The van der Waals surface area contributed by atoms with Crippen LogP contribution in [0.5, 0.6) is 0 Å². The van der Waals surface area contributed by atoms with Gasteiger partial charge in [-0.25, -0.2) is 4.39 Å². The standard InChI is InChI=1S/C20H18FN3O2/c21-14-7-1-2-8-16(14)23-19(25)12-24-18-11-4-3-9-17(18)22-15-10-5-6-13(15)20(24)26/h1-4,7-9,11,13H,5-6,10,12H2,(H,23,25). The first-order valence-corrected chi connectivity index (χ1v) is 8.66. The van der Waals surface area contributed by atoms with Crippen molar-refractivity contribution in [3.8, 4) is 0 Å². The van der Waals surface area contributed by atoms with Crippen LogP contribution in [0.15, 0.2) is 53.5 Å². The van der Waals surface area contributed by atoms with Crippen LogP contribution in [0.1, 0.15) is 19.3 Å². The molecule has 0 spiro atoms. The van der Waals surface area contributed by atoms with Gasteiger partial charge in [-0.15, -0.1) is 0 Å². The summed E-state index contributed by atoms with van der Waals surface area (Å²) in [6, 6.07) is 13.3. The lowest BCUT2D eigenvalue weighted by atomic mass is 10.1. The summed E-state index contributed by atoms with van der Waals surface area (Å²) in [5.74, 6) is -1.34. The lowest BCUT2D eigenvalue weighted by Gasteiger charge is -2.24. The van der Waals surface area contributed by atoms with E-state index in [1.807, 2.05) is 18.2 Å². The number of amides is 2. The number of aliphatic imine (C=N–C) groups is 1. The monoisotopic (exact) mass is 351 g/mol. The second-order valence-corrected chi connectivity index (χ2v) is 6.49. The molecular formula is C20H18FN3O2. The topological polar surface area (TPSA) is 61.8 Å². The van der Waals surface area contributed by atoms with Gasteiger partial charge in [0, 0.05) is 5.71 Å². The maximum atomic E-state index is 13.8. The predicted molar refractivity (Wildman–Crippen MR) is 98.3 cm³/mol. The number of halogens is 1. The second kappa shape index (κ2) is 6.71. The molecule has 132 valence electrons. The van der Waals surface area contributed by atoms with E-state index in [4.69, 9.17) is 0 Å². The Morgan fingerprint density at radius 1 is 1.19 bits per heavy atom. The van der Waals surface area contributed by atoms with Crippen LogP contribution in [-0.4, -0.2) is 24.1 Å². The van der Waals surface area contributed by atoms with Crippen molar-refractivity contribution in [1.29, 1.82) is 0 Å². The third-order valence-corrected chi connectivity index (χ3v) is 4.78. The molecule has 5 nitrogen and oxygen atoms in total. The molecule has 6 heteroatoms. The smallest absolute Gasteiger partial charge is 0.244 e. The summed E-state index contributed by atoms with van der Waals surface area (Å²) in [7, 11) is 0. The Balaban J connectivity index is 1.62. The molecule has 1 heterocycles. The number of carbonyl (C=O) groups excluding carboxylic acids is 2. The van der Waals surface area contributed by atoms with Gasteiger partial charge in [-0.3, -0.25) is 14.6 Å². The molecule has 2 aromatic rings. The van der Waals surface area contributed by atoms with E-state index in [1.165, 1.54) is 17.0 Å². The maximum Gasteiger partial charge on any atom is 0.244 e. The van der Waals surface area contributed by atoms with E-state index in [-0.39, 0.29) is 24.1 Å². The number of rotatable bonds is 3. The van der Waals surface area contributed by atoms with E-state index in [9.17, 15) is 14.0 Å². The molecule has 1 aliphatic carbocycles. The van der Waals surface area contributed by atoms with Gasteiger partial charge in [0.1, 0.15) is 12.4 Å². The Labute approximate surface area is 150 Å². The van der Waals surface area contributed by atoms with Crippen molar-refractivity contribution in [3.05, 3.63) is 54.3 Å². The quantitative estimate of drug-likeness (QED) is 0.917. The summed E-state index contributed by atoms with van der Waals surface area (Å²) in [5.41, 5.74) is 2.30. The summed E-state index contributed by atoms with van der Waals surface area (Å²) >= 11 is 0. The molecule has 1 N–H and O–H groups in total. The number of para-hydroxylation sites is 3. The minimum absolute atomic E-state index is 0.103. The fourth-order valence-corrected chi connectivity index (χ4v) is 3.54. The van der Waals surface area contributed by atoms with E-state index in [2.05, 4.69) is 10.3 Å². The number of fused-ring (bicyclic) bond motifs is 2. The van der Waals surface area contributed by atoms with Crippen LogP contribution < -0.4 is 10.2 Å². The van der Waals surface area contributed by atoms with Crippen molar-refractivity contribution >= 4 is 34.6 Å². The molecule has 4 rings (SSSR count). The summed E-state index contributed by atoms with van der Waals surface area (Å²) in [6.07, 6.45) is 2.48. The molecule has 2 amide bonds. The Bertz CT molecular complexity index is 909. The molecule has 1 fully saturated rings. The van der Waals surface area contributed by atoms with E-state index in [0.29, 0.717) is 11.4 Å². The van der Waals surface area contributed by atoms with Crippen LogP contribution in [0.3, 0.4) is 0 Å². The van der Waals surface area contributed by atoms with Crippen LogP contribution in [0.2, 0.25) is 0 Å². The van der Waals surface area contributed by atoms with Gasteiger partial charge < -0.3 is 10.2 Å². The summed E-state index contributed by atoms with van der Waals surface area (Å²) in [4.78, 5) is 31.7. The number of carbonyl (C=O) groups is 2. The molecular weight excluding hydrogens is 333 g/mol. The highest BCUT2D eigenvalue weighted by Crippen LogP contribution is 2.37. The van der Waals surface area contributed by atoms with Crippen LogP contribution in [0.4, 0.5) is 21.5 Å². The minimum atomic E-state index is -0.509. The number of hydrogen-bond acceptors (Lipinski definition) is 3. The van der Waals surface area contributed by atoms with E-state index in [0.717, 1.165) is 25.0 Å². The van der Waals surface area contributed by atoms with Gasteiger partial charge in [-0.05, 0) is 43.5 Å². The normalized spacial score (nSPS) is 18.7. The fraction of sp³-hybridized carbons (Fsp3) is 0.250. The first kappa shape index (κ1) is 16.4. The van der Waals surface area contributed by atoms with Gasteiger partial charge in [0.15, 0.2) is 0 Å². The highest BCUT2D eigenvalue weighted by atomic mass is 19.1. The van der Waals surface area contributed by atoms with E-state index >= 15 is 0 Å². The first-order valence-electron chi connectivity index (χ1n) is 8.66. The third kappa shape index (κ3) is 2.98. The highest BCUT2D eigenvalue weighted by Gasteiger charge is 2.37. The lowest BCUT2D eigenvalue weighted by molar-refractivity contribution is -0.123. The minimum Gasteiger partial charge on any atom is -0.322 e. The molecule has 1 aliphatic heterocycles. The summed E-state index contributed by atoms with van der Waals surface area (Å²) in [6.45, 7) is -0.177. The fourth-order valence-electron chi connectivity index (χ4n) is 3.54. The van der Waals surface area contributed by atoms with E-state index < -0.39 is 11.7 Å². The predicted octanol–water partition coefficient (Wildman–Crippen LogP) is 3.68. The highest BCUT2D eigenvalue weighted by molar-refractivity contribution is 6.16. The summed E-state index contributed by atoms with van der Waals surface area (Å²) in [5, 5.41) is 2.54. The molecule has 0 aromatic heterocycles. The zero-order valence-corrected chi connectivity index (χ0v) is 14.1. The average Bonchev–Trinajstić information content (AvgIpc) is 3.06. The number of benzene rings is 2. The SMILES string of the molecule is O=C(CN1C(=O)C2CCCC2=Nc2ccccc21)Nc1ccccc1F. The van der Waals surface area contributed by atoms with E-state index in [1.54, 1.807) is 18.2 Å². The number of nitrogens with zero attached hydrogens (tertiary/aromatic N) is 2. The van der Waals surface area contributed by atoms with Crippen LogP contribution in [0, 0.1) is 11.7 Å². The molecule has 0 bridgehead atoms. The molecule has 1 saturated carbocycles. The molecule has 1 unspecified atom stereocenters.